The van der Waals surface area contributed by atoms with Crippen LogP contribution in [0.3, 0.4) is 0 Å². The van der Waals surface area contributed by atoms with E-state index < -0.39 is 0 Å². The summed E-state index contributed by atoms with van der Waals surface area (Å²) >= 11 is 0. The number of nitrogens with two attached hydrogens (primary N) is 2. The summed E-state index contributed by atoms with van der Waals surface area (Å²) in [7, 11) is 0. The number of anilines is 2. The Balaban J connectivity index is 1.31. The van der Waals surface area contributed by atoms with Crippen molar-refractivity contribution in [2.45, 2.75) is 50.6 Å². The lowest BCUT2D eigenvalue weighted by molar-refractivity contribution is 0.0709. The van der Waals surface area contributed by atoms with Gasteiger partial charge in [0, 0.05) is 37.3 Å². The third-order valence-electron chi connectivity index (χ3n) is 7.22. The first-order valence-corrected chi connectivity index (χ1v) is 12.7. The van der Waals surface area contributed by atoms with Gasteiger partial charge in [-0.15, -0.1) is 0 Å². The maximum Gasteiger partial charge on any atom is 0.350 e. The molecule has 1 amide bonds. The van der Waals surface area contributed by atoms with Crippen LogP contribution in [0.15, 0.2) is 29.2 Å². The first-order valence-electron chi connectivity index (χ1n) is 12.7. The van der Waals surface area contributed by atoms with Crippen LogP contribution in [0.2, 0.25) is 0 Å². The number of hydrogen-bond donors (Lipinski definition) is 3. The van der Waals surface area contributed by atoms with E-state index in [1.54, 1.807) is 33.9 Å². The molecule has 10 nitrogen and oxygen atoms in total. The zero-order valence-electron chi connectivity index (χ0n) is 20.1. The monoisotopic (exact) mass is 481 g/mol. The Morgan fingerprint density at radius 2 is 2.00 bits per heavy atom. The number of nitrogens with one attached hydrogen (secondary N) is 1. The minimum atomic E-state index is -0.293. The van der Waals surface area contributed by atoms with Crippen molar-refractivity contribution in [3.8, 4) is 11.5 Å². The highest BCUT2D eigenvalue weighted by Crippen LogP contribution is 2.41. The molecule has 2 saturated heterocycles. The van der Waals surface area contributed by atoms with Crippen molar-refractivity contribution in [3.05, 3.63) is 40.4 Å². The van der Waals surface area contributed by atoms with Gasteiger partial charge in [0.15, 0.2) is 17.3 Å². The van der Waals surface area contributed by atoms with Gasteiger partial charge in [-0.2, -0.15) is 4.98 Å². The number of hydrogen-bond acceptors (Lipinski definition) is 8. The highest BCUT2D eigenvalue weighted by molar-refractivity contribution is 5.96. The van der Waals surface area contributed by atoms with Gasteiger partial charge in [0.05, 0.1) is 11.9 Å². The fourth-order valence-corrected chi connectivity index (χ4v) is 5.30. The van der Waals surface area contributed by atoms with Crippen LogP contribution >= 0.6 is 0 Å². The Bertz CT molecular complexity index is 1130. The molecule has 1 aromatic carbocycles. The van der Waals surface area contributed by atoms with E-state index >= 15 is 0 Å². The quantitative estimate of drug-likeness (QED) is 0.504. The number of rotatable bonds is 5. The van der Waals surface area contributed by atoms with E-state index in [-0.39, 0.29) is 23.7 Å². The lowest BCUT2D eigenvalue weighted by atomic mass is 10.0. The average Bonchev–Trinajstić information content (AvgIpc) is 3.10. The molecule has 5 rings (SSSR count). The SMILES string of the molecule is NCCCN1CCCC(n2cc3c(nc2=O)Nc2cc(C(=O)N4CCCC(N)C4)ccc2O3)CC1. The van der Waals surface area contributed by atoms with Crippen molar-refractivity contribution in [3.63, 3.8) is 0 Å². The molecule has 0 saturated carbocycles. The van der Waals surface area contributed by atoms with Gasteiger partial charge >= 0.3 is 5.69 Å². The molecule has 2 unspecified atom stereocenters. The second-order valence-corrected chi connectivity index (χ2v) is 9.80. The minimum Gasteiger partial charge on any atom is -0.450 e. The van der Waals surface area contributed by atoms with Crippen LogP contribution < -0.4 is 27.2 Å². The maximum atomic E-state index is 13.0. The van der Waals surface area contributed by atoms with Gasteiger partial charge in [0.1, 0.15) is 0 Å². The van der Waals surface area contributed by atoms with Gasteiger partial charge in [-0.25, -0.2) is 4.79 Å². The molecule has 35 heavy (non-hydrogen) atoms. The number of aromatic nitrogens is 2. The molecule has 188 valence electrons. The summed E-state index contributed by atoms with van der Waals surface area (Å²) in [6.07, 6.45) is 7.46. The van der Waals surface area contributed by atoms with Crippen molar-refractivity contribution >= 4 is 17.4 Å². The Morgan fingerprint density at radius 1 is 1.14 bits per heavy atom. The molecule has 5 N–H and O–H groups in total. The van der Waals surface area contributed by atoms with E-state index in [1.807, 2.05) is 0 Å². The summed E-state index contributed by atoms with van der Waals surface area (Å²) in [6.45, 7) is 4.94. The van der Waals surface area contributed by atoms with E-state index in [1.165, 1.54) is 0 Å². The van der Waals surface area contributed by atoms with Crippen molar-refractivity contribution in [2.75, 3.05) is 44.6 Å². The van der Waals surface area contributed by atoms with Crippen LogP contribution in [0.4, 0.5) is 11.5 Å². The third-order valence-corrected chi connectivity index (χ3v) is 7.22. The van der Waals surface area contributed by atoms with Crippen molar-refractivity contribution in [1.29, 1.82) is 0 Å². The molecule has 3 aliphatic heterocycles. The second kappa shape index (κ2) is 10.3. The molecule has 0 spiro atoms. The topological polar surface area (TPSA) is 132 Å². The number of carbonyl (C=O) groups excluding carboxylic acids is 1. The second-order valence-electron chi connectivity index (χ2n) is 9.80. The fourth-order valence-electron chi connectivity index (χ4n) is 5.30. The van der Waals surface area contributed by atoms with E-state index in [0.29, 0.717) is 48.2 Å². The predicted octanol–water partition coefficient (Wildman–Crippen LogP) is 2.03. The number of likely N-dealkylation sites (tertiary alicyclic amines) is 2. The van der Waals surface area contributed by atoms with E-state index in [9.17, 15) is 9.59 Å². The fraction of sp³-hybridized carbons (Fsp3) is 0.560. The predicted molar refractivity (Wildman–Crippen MR) is 134 cm³/mol. The van der Waals surface area contributed by atoms with E-state index in [2.05, 4.69) is 15.2 Å². The number of benzene rings is 1. The smallest absolute Gasteiger partial charge is 0.350 e. The van der Waals surface area contributed by atoms with Crippen molar-refractivity contribution in [2.24, 2.45) is 11.5 Å². The maximum absolute atomic E-state index is 13.0. The summed E-state index contributed by atoms with van der Waals surface area (Å²) in [5.41, 5.74) is 12.6. The molecule has 0 bridgehead atoms. The van der Waals surface area contributed by atoms with Crippen LogP contribution in [0.1, 0.15) is 54.9 Å². The largest absolute Gasteiger partial charge is 0.450 e. The molecule has 2 aromatic rings. The molecular formula is C25H35N7O3. The summed E-state index contributed by atoms with van der Waals surface area (Å²) in [5, 5.41) is 3.20. The number of piperidine rings is 1. The number of ether oxygens (including phenoxy) is 1. The highest BCUT2D eigenvalue weighted by Gasteiger charge is 2.27. The lowest BCUT2D eigenvalue weighted by Gasteiger charge is -2.31. The molecule has 10 heteroatoms. The third kappa shape index (κ3) is 5.19. The zero-order valence-corrected chi connectivity index (χ0v) is 20.1. The van der Waals surface area contributed by atoms with Gasteiger partial charge in [0.2, 0.25) is 0 Å². The molecule has 2 atom stereocenters. The van der Waals surface area contributed by atoms with Crippen molar-refractivity contribution in [1.82, 2.24) is 19.4 Å². The molecule has 2 fully saturated rings. The summed E-state index contributed by atoms with van der Waals surface area (Å²) in [5.74, 6) is 1.45. The Labute approximate surface area is 205 Å². The molecule has 0 aliphatic carbocycles. The molecule has 1 aromatic heterocycles. The Kier molecular flexibility index (Phi) is 7.03. The lowest BCUT2D eigenvalue weighted by Crippen LogP contribution is -2.45. The first-order chi connectivity index (χ1) is 17.0. The zero-order chi connectivity index (χ0) is 24.4. The molecule has 4 heterocycles. The van der Waals surface area contributed by atoms with E-state index in [0.717, 1.165) is 58.2 Å². The van der Waals surface area contributed by atoms with Gasteiger partial charge in [-0.05, 0) is 76.4 Å². The van der Waals surface area contributed by atoms with Crippen LogP contribution in [0, 0.1) is 0 Å². The van der Waals surface area contributed by atoms with Gasteiger partial charge in [0.25, 0.3) is 5.91 Å². The standard InChI is InChI=1S/C25H35N7O3/c26-9-3-11-30-10-2-5-19(8-13-30)32-16-22-23(29-25(32)34)28-20-14-17(6-7-21(20)35-22)24(33)31-12-1-4-18(27)15-31/h6-7,14,16,18-19H,1-5,8-13,15,26-27H2,(H,28,29,34). The number of fused-ring (bicyclic) bond motifs is 2. The van der Waals surface area contributed by atoms with Crippen LogP contribution in [0.5, 0.6) is 11.5 Å². The number of amides is 1. The van der Waals surface area contributed by atoms with E-state index in [4.69, 9.17) is 16.2 Å². The normalized spacial score (nSPS) is 22.4. The molecular weight excluding hydrogens is 446 g/mol. The molecule has 0 radical (unpaired) electrons. The van der Waals surface area contributed by atoms with Gasteiger partial charge < -0.3 is 31.3 Å². The summed E-state index contributed by atoms with van der Waals surface area (Å²) < 4.78 is 7.83. The average molecular weight is 482 g/mol. The van der Waals surface area contributed by atoms with Crippen molar-refractivity contribution < 1.29 is 9.53 Å². The minimum absolute atomic E-state index is 0.0208. The summed E-state index contributed by atoms with van der Waals surface area (Å²) in [6, 6.07) is 5.43. The first kappa shape index (κ1) is 23.8. The van der Waals surface area contributed by atoms with Gasteiger partial charge in [-0.1, -0.05) is 0 Å². The number of nitrogens with zero attached hydrogens (tertiary/aromatic N) is 4. The van der Waals surface area contributed by atoms with Crippen LogP contribution in [-0.2, 0) is 0 Å². The van der Waals surface area contributed by atoms with Gasteiger partial charge in [-0.3, -0.25) is 9.36 Å². The Morgan fingerprint density at radius 3 is 2.83 bits per heavy atom. The number of carbonyl (C=O) groups is 1. The molecule has 3 aliphatic rings. The highest BCUT2D eigenvalue weighted by atomic mass is 16.5. The van der Waals surface area contributed by atoms with Crippen LogP contribution in [0.25, 0.3) is 0 Å². The van der Waals surface area contributed by atoms with Crippen LogP contribution in [-0.4, -0.2) is 70.6 Å². The summed E-state index contributed by atoms with van der Waals surface area (Å²) in [4.78, 5) is 34.4. The Hall–Kier alpha value is -2.95.